The fraction of sp³-hybridized carbons (Fsp3) is 0.273. The molecule has 1 heterocycles. The lowest BCUT2D eigenvalue weighted by molar-refractivity contribution is 0.539. The Morgan fingerprint density at radius 2 is 1.87 bits per heavy atom. The third-order valence-electron chi connectivity index (χ3n) is 2.74. The lowest BCUT2D eigenvalue weighted by Crippen LogP contribution is -2.42. The Morgan fingerprint density at radius 3 is 2.33 bits per heavy atom. The van der Waals surface area contributed by atoms with Crippen LogP contribution >= 0.6 is 24.4 Å². The normalized spacial score (nSPS) is 24.9. The van der Waals surface area contributed by atoms with Gasteiger partial charge in [-0.25, -0.2) is 0 Å². The van der Waals surface area contributed by atoms with Crippen molar-refractivity contribution in [2.75, 3.05) is 0 Å². The van der Waals surface area contributed by atoms with Crippen LogP contribution in [-0.2, 0) is 5.54 Å². The van der Waals surface area contributed by atoms with Crippen LogP contribution in [-0.4, -0.2) is 10.1 Å². The van der Waals surface area contributed by atoms with Crippen molar-refractivity contribution in [3.8, 4) is 0 Å². The highest BCUT2D eigenvalue weighted by molar-refractivity contribution is 7.82. The molecular weight excluding hydrogens is 224 g/mol. The van der Waals surface area contributed by atoms with E-state index < -0.39 is 0 Å². The van der Waals surface area contributed by atoms with Gasteiger partial charge >= 0.3 is 0 Å². The molecule has 0 spiro atoms. The predicted molar refractivity (Wildman–Crippen MR) is 69.9 cm³/mol. The molecule has 0 bridgehead atoms. The van der Waals surface area contributed by atoms with E-state index in [0.29, 0.717) is 5.11 Å². The zero-order valence-corrected chi connectivity index (χ0v) is 10.0. The third kappa shape index (κ3) is 1.64. The molecule has 2 nitrogen and oxygen atoms in total. The van der Waals surface area contributed by atoms with Crippen LogP contribution in [0.25, 0.3) is 0 Å². The number of thiocarbonyl (C=S) groups is 2. The van der Waals surface area contributed by atoms with Crippen molar-refractivity contribution in [2.45, 2.75) is 18.9 Å². The van der Waals surface area contributed by atoms with Gasteiger partial charge in [0, 0.05) is 0 Å². The Kier molecular flexibility index (Phi) is 2.71. The van der Waals surface area contributed by atoms with Gasteiger partial charge in [0.15, 0.2) is 5.11 Å². The summed E-state index contributed by atoms with van der Waals surface area (Å²) in [6.07, 6.45) is 0.878. The molecule has 0 aliphatic carbocycles. The summed E-state index contributed by atoms with van der Waals surface area (Å²) in [5.74, 6) is 0. The van der Waals surface area contributed by atoms with Crippen molar-refractivity contribution < 1.29 is 0 Å². The summed E-state index contributed by atoms with van der Waals surface area (Å²) in [4.78, 5) is 0.765. The van der Waals surface area contributed by atoms with Crippen LogP contribution in [0.5, 0.6) is 0 Å². The molecule has 0 aromatic heterocycles. The summed E-state index contributed by atoms with van der Waals surface area (Å²) in [5.41, 5.74) is 0.845. The highest BCUT2D eigenvalue weighted by Crippen LogP contribution is 2.28. The van der Waals surface area contributed by atoms with Crippen LogP contribution in [0, 0.1) is 0 Å². The molecule has 1 aromatic carbocycles. The Balaban J connectivity index is 2.47. The zero-order chi connectivity index (χ0) is 10.9. The smallest absolute Gasteiger partial charge is 0.172 e. The first kappa shape index (κ1) is 10.5. The Morgan fingerprint density at radius 1 is 1.20 bits per heavy atom. The highest BCUT2D eigenvalue weighted by Gasteiger charge is 2.40. The van der Waals surface area contributed by atoms with Crippen LogP contribution < -0.4 is 10.6 Å². The number of rotatable bonds is 2. The zero-order valence-electron chi connectivity index (χ0n) is 8.41. The fourth-order valence-electron chi connectivity index (χ4n) is 1.87. The third-order valence-corrected chi connectivity index (χ3v) is 3.39. The van der Waals surface area contributed by atoms with Crippen molar-refractivity contribution >= 4 is 34.5 Å². The van der Waals surface area contributed by atoms with E-state index in [1.807, 2.05) is 18.2 Å². The molecular formula is C11H12N2S2. The van der Waals surface area contributed by atoms with Gasteiger partial charge in [-0.15, -0.1) is 0 Å². The van der Waals surface area contributed by atoms with Crippen molar-refractivity contribution in [3.05, 3.63) is 35.9 Å². The summed E-state index contributed by atoms with van der Waals surface area (Å²) in [5, 5.41) is 6.89. The van der Waals surface area contributed by atoms with Crippen LogP contribution in [0.1, 0.15) is 18.9 Å². The van der Waals surface area contributed by atoms with Gasteiger partial charge < -0.3 is 10.6 Å². The topological polar surface area (TPSA) is 24.1 Å². The minimum Gasteiger partial charge on any atom is -0.347 e. The van der Waals surface area contributed by atoms with Gasteiger partial charge in [0.05, 0.1) is 0 Å². The van der Waals surface area contributed by atoms with Gasteiger partial charge in [0.25, 0.3) is 0 Å². The summed E-state index contributed by atoms with van der Waals surface area (Å²) in [7, 11) is 0. The summed E-state index contributed by atoms with van der Waals surface area (Å²) < 4.78 is 0. The van der Waals surface area contributed by atoms with Gasteiger partial charge in [-0.05, 0) is 24.2 Å². The molecule has 2 rings (SSSR count). The second-order valence-corrected chi connectivity index (χ2v) is 4.35. The number of nitrogens with one attached hydrogen (secondary N) is 2. The average Bonchev–Trinajstić information content (AvgIpc) is 2.56. The highest BCUT2D eigenvalue weighted by atomic mass is 32.1. The summed E-state index contributed by atoms with van der Waals surface area (Å²) in [6, 6.07) is 10.2. The maximum absolute atomic E-state index is 5.35. The number of hydrogen-bond donors (Lipinski definition) is 2. The Labute approximate surface area is 100 Å². The number of hydrogen-bond acceptors (Lipinski definition) is 2. The molecule has 15 heavy (non-hydrogen) atoms. The molecule has 0 radical (unpaired) electrons. The first-order chi connectivity index (χ1) is 7.19. The van der Waals surface area contributed by atoms with Crippen molar-refractivity contribution in [3.63, 3.8) is 0 Å². The summed E-state index contributed by atoms with van der Waals surface area (Å²) >= 11 is 10.5. The maximum atomic E-state index is 5.35. The van der Waals surface area contributed by atoms with E-state index >= 15 is 0 Å². The van der Waals surface area contributed by atoms with Gasteiger partial charge in [0.1, 0.15) is 10.5 Å². The van der Waals surface area contributed by atoms with Gasteiger partial charge in [-0.2, -0.15) is 0 Å². The summed E-state index contributed by atoms with van der Waals surface area (Å²) in [6.45, 7) is 2.10. The van der Waals surface area contributed by atoms with Gasteiger partial charge in [-0.3, -0.25) is 0 Å². The van der Waals surface area contributed by atoms with E-state index in [1.165, 1.54) is 0 Å². The van der Waals surface area contributed by atoms with Crippen molar-refractivity contribution in [1.29, 1.82) is 0 Å². The second kappa shape index (κ2) is 3.87. The van der Waals surface area contributed by atoms with E-state index in [-0.39, 0.29) is 5.54 Å². The molecule has 1 saturated heterocycles. The SMILES string of the molecule is CCC1(c2ccccc2)NC(=S)NC1=S. The first-order valence-electron chi connectivity index (χ1n) is 4.88. The minimum atomic E-state index is -0.312. The van der Waals surface area contributed by atoms with E-state index in [4.69, 9.17) is 24.4 Å². The lowest BCUT2D eigenvalue weighted by Gasteiger charge is -2.27. The molecule has 1 unspecified atom stereocenters. The average molecular weight is 236 g/mol. The molecule has 1 aliphatic heterocycles. The van der Waals surface area contributed by atoms with Gasteiger partial charge in [0.2, 0.25) is 0 Å². The second-order valence-electron chi connectivity index (χ2n) is 3.53. The van der Waals surface area contributed by atoms with Crippen LogP contribution in [0.2, 0.25) is 0 Å². The lowest BCUT2D eigenvalue weighted by atomic mass is 9.88. The first-order valence-corrected chi connectivity index (χ1v) is 5.70. The molecule has 0 amide bonds. The van der Waals surface area contributed by atoms with Crippen molar-refractivity contribution in [1.82, 2.24) is 10.6 Å². The molecule has 1 aromatic rings. The fourth-order valence-corrected chi connectivity index (χ4v) is 2.63. The minimum absolute atomic E-state index is 0.312. The van der Waals surface area contributed by atoms with Crippen LogP contribution in [0.15, 0.2) is 30.3 Å². The van der Waals surface area contributed by atoms with Crippen LogP contribution in [0.4, 0.5) is 0 Å². The van der Waals surface area contributed by atoms with E-state index in [2.05, 4.69) is 29.7 Å². The standard InChI is InChI=1S/C11H12N2S2/c1-2-11(8-6-4-3-5-7-8)9(14)12-10(15)13-11/h3-7H,2H2,1H3,(H2,12,13,14,15). The quantitative estimate of drug-likeness (QED) is 0.768. The van der Waals surface area contributed by atoms with E-state index in [0.717, 1.165) is 17.0 Å². The Hall–Kier alpha value is -1.000. The van der Waals surface area contributed by atoms with Crippen molar-refractivity contribution in [2.24, 2.45) is 0 Å². The molecule has 0 saturated carbocycles. The van der Waals surface area contributed by atoms with Crippen LogP contribution in [0.3, 0.4) is 0 Å². The van der Waals surface area contributed by atoms with E-state index in [9.17, 15) is 0 Å². The molecule has 1 atom stereocenters. The predicted octanol–water partition coefficient (Wildman–Crippen LogP) is 2.10. The molecule has 1 aliphatic rings. The molecule has 4 heteroatoms. The monoisotopic (exact) mass is 236 g/mol. The molecule has 2 N–H and O–H groups in total. The number of benzene rings is 1. The van der Waals surface area contributed by atoms with Gasteiger partial charge in [-0.1, -0.05) is 49.5 Å². The van der Waals surface area contributed by atoms with E-state index in [1.54, 1.807) is 0 Å². The maximum Gasteiger partial charge on any atom is 0.172 e. The molecule has 78 valence electrons. The molecule has 1 fully saturated rings. The largest absolute Gasteiger partial charge is 0.347 e. The Bertz CT molecular complexity index is 402.